The normalized spacial score (nSPS) is 13.1. The molecule has 2 heterocycles. The zero-order chi connectivity index (χ0) is 28.2. The van der Waals surface area contributed by atoms with Gasteiger partial charge in [-0.1, -0.05) is 23.4 Å². The molecule has 3 aromatic rings. The molecule has 39 heavy (non-hydrogen) atoms. The number of nitriles is 1. The van der Waals surface area contributed by atoms with E-state index in [9.17, 15) is 19.6 Å². The number of aromatic nitrogens is 1. The molecule has 202 valence electrons. The van der Waals surface area contributed by atoms with E-state index in [1.54, 1.807) is 64.1 Å². The molecule has 1 aliphatic rings. The summed E-state index contributed by atoms with van der Waals surface area (Å²) in [5.41, 5.74) is 2.47. The number of hydrogen-bond donors (Lipinski definition) is 2. The summed E-state index contributed by atoms with van der Waals surface area (Å²) >= 11 is 0. The van der Waals surface area contributed by atoms with Crippen molar-refractivity contribution in [1.82, 2.24) is 5.16 Å². The van der Waals surface area contributed by atoms with E-state index in [4.69, 9.17) is 9.26 Å². The van der Waals surface area contributed by atoms with Gasteiger partial charge in [-0.25, -0.2) is 4.79 Å². The Morgan fingerprint density at radius 1 is 1.08 bits per heavy atom. The summed E-state index contributed by atoms with van der Waals surface area (Å²) in [4.78, 5) is 40.6. The molecule has 1 aromatic heterocycles. The predicted octanol–water partition coefficient (Wildman–Crippen LogP) is 5.68. The molecular weight excluding hydrogens is 498 g/mol. The van der Waals surface area contributed by atoms with Gasteiger partial charge in [-0.15, -0.1) is 0 Å². The van der Waals surface area contributed by atoms with Gasteiger partial charge in [0.2, 0.25) is 5.91 Å². The minimum absolute atomic E-state index is 0.198. The van der Waals surface area contributed by atoms with Gasteiger partial charge in [-0.2, -0.15) is 5.26 Å². The van der Waals surface area contributed by atoms with E-state index >= 15 is 0 Å². The van der Waals surface area contributed by atoms with E-state index in [0.717, 1.165) is 25.9 Å². The first kappa shape index (κ1) is 27.4. The van der Waals surface area contributed by atoms with E-state index in [1.807, 2.05) is 0 Å². The van der Waals surface area contributed by atoms with Gasteiger partial charge >= 0.3 is 6.09 Å². The van der Waals surface area contributed by atoms with Crippen LogP contribution in [0.15, 0.2) is 47.0 Å². The highest BCUT2D eigenvalue weighted by Gasteiger charge is 2.23. The summed E-state index contributed by atoms with van der Waals surface area (Å²) in [6.45, 7) is 8.60. The second kappa shape index (κ2) is 11.4. The number of nitrogens with one attached hydrogen (secondary N) is 2. The first-order valence-electron chi connectivity index (χ1n) is 12.7. The van der Waals surface area contributed by atoms with Crippen LogP contribution in [0.1, 0.15) is 61.6 Å². The maximum atomic E-state index is 13.0. The lowest BCUT2D eigenvalue weighted by atomic mass is 10.0. The number of nitrogens with zero attached hydrogens (tertiary/aromatic N) is 3. The van der Waals surface area contributed by atoms with Crippen LogP contribution in [0.4, 0.5) is 21.9 Å². The predicted molar refractivity (Wildman–Crippen MR) is 147 cm³/mol. The second-order valence-corrected chi connectivity index (χ2v) is 10.4. The van der Waals surface area contributed by atoms with Crippen molar-refractivity contribution in [2.24, 2.45) is 0 Å². The Morgan fingerprint density at radius 3 is 2.44 bits per heavy atom. The lowest BCUT2D eigenvalue weighted by Gasteiger charge is -2.24. The fraction of sp³-hybridized carbons (Fsp3) is 0.345. The van der Waals surface area contributed by atoms with Gasteiger partial charge in [0.25, 0.3) is 0 Å². The van der Waals surface area contributed by atoms with E-state index in [1.165, 1.54) is 6.07 Å². The van der Waals surface area contributed by atoms with Crippen LogP contribution in [-0.2, 0) is 9.53 Å². The number of carbonyl (C=O) groups is 3. The van der Waals surface area contributed by atoms with Crippen LogP contribution >= 0.6 is 0 Å². The monoisotopic (exact) mass is 529 g/mol. The topological polar surface area (TPSA) is 138 Å². The van der Waals surface area contributed by atoms with Gasteiger partial charge in [0, 0.05) is 30.3 Å². The molecule has 0 radical (unpaired) electrons. The van der Waals surface area contributed by atoms with Gasteiger partial charge in [0.15, 0.2) is 11.5 Å². The molecule has 10 heteroatoms. The molecule has 0 bridgehead atoms. The van der Waals surface area contributed by atoms with E-state index in [2.05, 4.69) is 26.8 Å². The maximum Gasteiger partial charge on any atom is 0.412 e. The molecule has 2 aromatic carbocycles. The third kappa shape index (κ3) is 7.02. The largest absolute Gasteiger partial charge is 0.444 e. The molecule has 0 aliphatic carbocycles. The average molecular weight is 530 g/mol. The summed E-state index contributed by atoms with van der Waals surface area (Å²) < 4.78 is 10.7. The number of ether oxygens (including phenoxy) is 1. The first-order valence-corrected chi connectivity index (χ1v) is 12.7. The number of hydrogen-bond acceptors (Lipinski definition) is 8. The number of ketones is 1. The number of Topliss-reactive ketones (excluding diaryl/α,β-unsaturated/α-hetero) is 1. The molecule has 4 rings (SSSR count). The number of aryl methyl sites for hydroxylation is 1. The van der Waals surface area contributed by atoms with Crippen molar-refractivity contribution >= 4 is 34.8 Å². The minimum Gasteiger partial charge on any atom is -0.444 e. The lowest BCUT2D eigenvalue weighted by molar-refractivity contribution is -0.115. The standard InChI is InChI=1S/C29H31N5O5/c1-18-12-26(39-33-18)20-9-7-8-19(13-20)25(35)16-27(36)31-22-14-21(17-30)24(34-10-5-6-11-34)15-23(22)32-28(37)38-29(2,3)4/h7-9,12-15H,5-6,10-11,16H2,1-4H3,(H,31,36)(H,32,37). The van der Waals surface area contributed by atoms with Crippen LogP contribution in [0.3, 0.4) is 0 Å². The molecule has 1 aliphatic heterocycles. The van der Waals surface area contributed by atoms with Crippen molar-refractivity contribution in [2.75, 3.05) is 28.6 Å². The highest BCUT2D eigenvalue weighted by Crippen LogP contribution is 2.34. The van der Waals surface area contributed by atoms with Crippen molar-refractivity contribution < 1.29 is 23.6 Å². The minimum atomic E-state index is -0.733. The number of anilines is 3. The summed E-state index contributed by atoms with van der Waals surface area (Å²) in [5, 5.41) is 19.1. The summed E-state index contributed by atoms with van der Waals surface area (Å²) in [5.74, 6) is -0.473. The maximum absolute atomic E-state index is 13.0. The molecule has 0 saturated carbocycles. The molecular formula is C29H31N5O5. The molecule has 2 N–H and O–H groups in total. The zero-order valence-electron chi connectivity index (χ0n) is 22.5. The number of carbonyl (C=O) groups excluding carboxylic acids is 3. The molecule has 2 amide bonds. The Morgan fingerprint density at radius 2 is 1.79 bits per heavy atom. The van der Waals surface area contributed by atoms with Crippen molar-refractivity contribution in [3.8, 4) is 17.4 Å². The molecule has 0 spiro atoms. The Bertz CT molecular complexity index is 1440. The van der Waals surface area contributed by atoms with Gasteiger partial charge in [-0.05, 0) is 58.7 Å². The highest BCUT2D eigenvalue weighted by molar-refractivity contribution is 6.12. The Labute approximate surface area is 226 Å². The SMILES string of the molecule is Cc1cc(-c2cccc(C(=O)CC(=O)Nc3cc(C#N)c(N4CCCC4)cc3NC(=O)OC(C)(C)C)c2)on1. The average Bonchev–Trinajstić information content (AvgIpc) is 3.56. The van der Waals surface area contributed by atoms with Crippen LogP contribution in [0.5, 0.6) is 0 Å². The van der Waals surface area contributed by atoms with Gasteiger partial charge in [0.1, 0.15) is 11.7 Å². The van der Waals surface area contributed by atoms with Crippen LogP contribution in [0, 0.1) is 18.3 Å². The van der Waals surface area contributed by atoms with Gasteiger partial charge < -0.3 is 19.5 Å². The van der Waals surface area contributed by atoms with Crippen LogP contribution in [0.2, 0.25) is 0 Å². The smallest absolute Gasteiger partial charge is 0.412 e. The van der Waals surface area contributed by atoms with Gasteiger partial charge in [-0.3, -0.25) is 14.9 Å². The third-order valence-electron chi connectivity index (χ3n) is 6.03. The molecule has 0 unspecified atom stereocenters. The van der Waals surface area contributed by atoms with Crippen molar-refractivity contribution in [2.45, 2.75) is 52.6 Å². The van der Waals surface area contributed by atoms with Gasteiger partial charge in [0.05, 0.1) is 34.7 Å². The summed E-state index contributed by atoms with van der Waals surface area (Å²) in [6.07, 6.45) is 0.848. The highest BCUT2D eigenvalue weighted by atomic mass is 16.6. The van der Waals surface area contributed by atoms with Crippen LogP contribution in [0.25, 0.3) is 11.3 Å². The lowest BCUT2D eigenvalue weighted by Crippen LogP contribution is -2.28. The van der Waals surface area contributed by atoms with E-state index in [-0.39, 0.29) is 11.4 Å². The molecule has 10 nitrogen and oxygen atoms in total. The summed E-state index contributed by atoms with van der Waals surface area (Å²) in [7, 11) is 0. The van der Waals surface area contributed by atoms with E-state index in [0.29, 0.717) is 33.8 Å². The quantitative estimate of drug-likeness (QED) is 0.294. The van der Waals surface area contributed by atoms with Crippen molar-refractivity contribution in [3.05, 3.63) is 59.3 Å². The van der Waals surface area contributed by atoms with Crippen LogP contribution in [-0.4, -0.2) is 41.6 Å². The fourth-order valence-corrected chi connectivity index (χ4v) is 4.31. The van der Waals surface area contributed by atoms with Crippen molar-refractivity contribution in [3.63, 3.8) is 0 Å². The first-order chi connectivity index (χ1) is 18.5. The Hall–Kier alpha value is -4.65. The number of amides is 2. The number of rotatable bonds is 7. The number of benzene rings is 2. The molecule has 1 saturated heterocycles. The summed E-state index contributed by atoms with van der Waals surface area (Å²) in [6, 6.07) is 13.9. The van der Waals surface area contributed by atoms with Crippen LogP contribution < -0.4 is 15.5 Å². The van der Waals surface area contributed by atoms with Crippen molar-refractivity contribution in [1.29, 1.82) is 5.26 Å². The fourth-order valence-electron chi connectivity index (χ4n) is 4.31. The Kier molecular flexibility index (Phi) is 8.00. The third-order valence-corrected chi connectivity index (χ3v) is 6.03. The van der Waals surface area contributed by atoms with E-state index < -0.39 is 29.8 Å². The molecule has 0 atom stereocenters. The zero-order valence-corrected chi connectivity index (χ0v) is 22.5. The molecule has 1 fully saturated rings. The Balaban J connectivity index is 1.56. The second-order valence-electron chi connectivity index (χ2n) is 10.4.